The zero-order valence-corrected chi connectivity index (χ0v) is 18.4. The first kappa shape index (κ1) is 19.6. The van der Waals surface area contributed by atoms with Crippen LogP contribution in [-0.4, -0.2) is 42.3 Å². The van der Waals surface area contributed by atoms with Gasteiger partial charge in [0.05, 0.1) is 24.6 Å². The van der Waals surface area contributed by atoms with Crippen LogP contribution in [0.5, 0.6) is 0 Å². The topological polar surface area (TPSA) is 29.8 Å². The van der Waals surface area contributed by atoms with Crippen LogP contribution in [0.1, 0.15) is 5.56 Å². The molecule has 1 fully saturated rings. The quantitative estimate of drug-likeness (QED) is 0.547. The van der Waals surface area contributed by atoms with Gasteiger partial charge < -0.3 is 9.30 Å². The van der Waals surface area contributed by atoms with Gasteiger partial charge in [0, 0.05) is 36.0 Å². The van der Waals surface area contributed by atoms with Crippen LogP contribution in [-0.2, 0) is 11.3 Å². The average Bonchev–Trinajstić information content (AvgIpc) is 3.12. The molecule has 0 bridgehead atoms. The van der Waals surface area contributed by atoms with Crippen LogP contribution in [0, 0.1) is 6.92 Å². The Kier molecular flexibility index (Phi) is 6.42. The van der Waals surface area contributed by atoms with Crippen molar-refractivity contribution in [2.75, 3.05) is 32.8 Å². The summed E-state index contributed by atoms with van der Waals surface area (Å²) in [7, 11) is 0. The minimum atomic E-state index is 0.828. The number of benzene rings is 2. The Morgan fingerprint density at radius 3 is 2.43 bits per heavy atom. The van der Waals surface area contributed by atoms with Crippen molar-refractivity contribution in [2.45, 2.75) is 13.5 Å². The van der Waals surface area contributed by atoms with E-state index in [-0.39, 0.29) is 0 Å². The van der Waals surface area contributed by atoms with Gasteiger partial charge in [-0.15, -0.1) is 11.3 Å². The molecule has 1 saturated heterocycles. The highest BCUT2D eigenvalue weighted by atomic mass is 79.9. The van der Waals surface area contributed by atoms with Gasteiger partial charge in [0.15, 0.2) is 4.80 Å². The van der Waals surface area contributed by atoms with E-state index in [1.54, 1.807) is 11.3 Å². The fourth-order valence-electron chi connectivity index (χ4n) is 3.28. The van der Waals surface area contributed by atoms with Crippen molar-refractivity contribution in [2.24, 2.45) is 4.99 Å². The van der Waals surface area contributed by atoms with Crippen LogP contribution in [0.2, 0.25) is 0 Å². The van der Waals surface area contributed by atoms with E-state index in [1.807, 2.05) is 0 Å². The lowest BCUT2D eigenvalue weighted by atomic mass is 10.2. The summed E-state index contributed by atoms with van der Waals surface area (Å²) in [5.74, 6) is 0. The molecule has 0 radical (unpaired) electrons. The minimum Gasteiger partial charge on any atom is -0.379 e. The van der Waals surface area contributed by atoms with Crippen LogP contribution in [0.4, 0.5) is 5.69 Å². The molecule has 0 spiro atoms. The monoisotopic (exact) mass is 457 g/mol. The highest BCUT2D eigenvalue weighted by molar-refractivity contribution is 9.10. The molecule has 0 unspecified atom stereocenters. The van der Waals surface area contributed by atoms with Crippen molar-refractivity contribution in [3.05, 3.63) is 68.7 Å². The molecule has 28 heavy (non-hydrogen) atoms. The van der Waals surface area contributed by atoms with Gasteiger partial charge in [-0.1, -0.05) is 45.8 Å². The van der Waals surface area contributed by atoms with Crippen LogP contribution < -0.4 is 4.80 Å². The number of ether oxygens (including phenoxy) is 1. The molecule has 146 valence electrons. The maximum Gasteiger partial charge on any atom is 0.190 e. The molecule has 4 nitrogen and oxygen atoms in total. The number of nitrogens with zero attached hydrogens (tertiary/aromatic N) is 3. The maximum absolute atomic E-state index is 5.48. The number of hydrogen-bond acceptors (Lipinski definition) is 4. The van der Waals surface area contributed by atoms with E-state index in [0.29, 0.717) is 0 Å². The third-order valence-electron chi connectivity index (χ3n) is 4.94. The molecule has 6 heteroatoms. The summed E-state index contributed by atoms with van der Waals surface area (Å²) in [6, 6.07) is 16.9. The normalized spacial score (nSPS) is 15.9. The van der Waals surface area contributed by atoms with Gasteiger partial charge in [0.25, 0.3) is 0 Å². The number of thiazole rings is 1. The van der Waals surface area contributed by atoms with E-state index in [2.05, 4.69) is 86.2 Å². The second kappa shape index (κ2) is 9.18. The van der Waals surface area contributed by atoms with Crippen molar-refractivity contribution in [3.63, 3.8) is 0 Å². The molecule has 4 rings (SSSR count). The first-order chi connectivity index (χ1) is 13.7. The lowest BCUT2D eigenvalue weighted by Gasteiger charge is -2.26. The third-order valence-corrected chi connectivity index (χ3v) is 6.33. The average molecular weight is 458 g/mol. The molecule has 0 amide bonds. The summed E-state index contributed by atoms with van der Waals surface area (Å²) in [6.45, 7) is 7.68. The summed E-state index contributed by atoms with van der Waals surface area (Å²) < 4.78 is 8.93. The molecule has 2 heterocycles. The van der Waals surface area contributed by atoms with Gasteiger partial charge >= 0.3 is 0 Å². The molecule has 1 aliphatic rings. The van der Waals surface area contributed by atoms with Crippen molar-refractivity contribution in [3.8, 4) is 11.3 Å². The second-order valence-corrected chi connectivity index (χ2v) is 8.72. The van der Waals surface area contributed by atoms with Gasteiger partial charge in [-0.3, -0.25) is 4.90 Å². The van der Waals surface area contributed by atoms with Crippen LogP contribution >= 0.6 is 27.3 Å². The third kappa shape index (κ3) is 4.81. The Bertz CT molecular complexity index is 970. The van der Waals surface area contributed by atoms with Crippen molar-refractivity contribution >= 4 is 33.0 Å². The molecule has 1 aromatic heterocycles. The fourth-order valence-corrected chi connectivity index (χ4v) is 4.50. The highest BCUT2D eigenvalue weighted by Gasteiger charge is 2.13. The number of halogens is 1. The molecule has 0 saturated carbocycles. The maximum atomic E-state index is 5.48. The van der Waals surface area contributed by atoms with Crippen LogP contribution in [0.3, 0.4) is 0 Å². The molecule has 3 aromatic rings. The fraction of sp³-hybridized carbons (Fsp3) is 0.318. The van der Waals surface area contributed by atoms with Crippen molar-refractivity contribution in [1.82, 2.24) is 9.47 Å². The van der Waals surface area contributed by atoms with E-state index in [1.165, 1.54) is 16.8 Å². The Balaban J connectivity index is 1.68. The van der Waals surface area contributed by atoms with E-state index < -0.39 is 0 Å². The number of hydrogen-bond donors (Lipinski definition) is 0. The Hall–Kier alpha value is -1.73. The predicted octanol–water partition coefficient (Wildman–Crippen LogP) is 4.85. The second-order valence-electron chi connectivity index (χ2n) is 6.96. The summed E-state index contributed by atoms with van der Waals surface area (Å²) in [6.07, 6.45) is 0. The summed E-state index contributed by atoms with van der Waals surface area (Å²) >= 11 is 5.24. The number of rotatable bonds is 5. The standard InChI is InChI=1S/C22H24BrN3OS/c1-17-2-8-20(9-3-17)24-22-26(11-10-25-12-14-27-15-13-25)21(16-28-22)18-4-6-19(23)7-5-18/h2-9,16H,10-15H2,1H3. The first-order valence-corrected chi connectivity index (χ1v) is 11.2. The molecule has 0 aliphatic carbocycles. The van der Waals surface area contributed by atoms with Crippen LogP contribution in [0.25, 0.3) is 11.3 Å². The van der Waals surface area contributed by atoms with Gasteiger partial charge in [-0.05, 0) is 36.8 Å². The predicted molar refractivity (Wildman–Crippen MR) is 119 cm³/mol. The van der Waals surface area contributed by atoms with E-state index in [4.69, 9.17) is 9.73 Å². The number of morpholine rings is 1. The van der Waals surface area contributed by atoms with E-state index in [9.17, 15) is 0 Å². The largest absolute Gasteiger partial charge is 0.379 e. The summed E-state index contributed by atoms with van der Waals surface area (Å²) in [5.41, 5.74) is 4.68. The van der Waals surface area contributed by atoms with Gasteiger partial charge in [0.1, 0.15) is 0 Å². The molecular formula is C22H24BrN3OS. The molecule has 1 aliphatic heterocycles. The molecule has 0 atom stereocenters. The lowest BCUT2D eigenvalue weighted by Crippen LogP contribution is -2.39. The minimum absolute atomic E-state index is 0.828. The molecule has 0 N–H and O–H groups in total. The lowest BCUT2D eigenvalue weighted by molar-refractivity contribution is 0.0363. The van der Waals surface area contributed by atoms with Crippen molar-refractivity contribution in [1.29, 1.82) is 0 Å². The van der Waals surface area contributed by atoms with Gasteiger partial charge in [-0.2, -0.15) is 0 Å². The Morgan fingerprint density at radius 1 is 1.00 bits per heavy atom. The van der Waals surface area contributed by atoms with Gasteiger partial charge in [-0.25, -0.2) is 4.99 Å². The van der Waals surface area contributed by atoms with Crippen LogP contribution in [0.15, 0.2) is 63.4 Å². The van der Waals surface area contributed by atoms with E-state index in [0.717, 1.165) is 54.4 Å². The highest BCUT2D eigenvalue weighted by Crippen LogP contribution is 2.23. The van der Waals surface area contributed by atoms with E-state index >= 15 is 0 Å². The zero-order valence-electron chi connectivity index (χ0n) is 16.0. The summed E-state index contributed by atoms with van der Waals surface area (Å²) in [4.78, 5) is 8.44. The zero-order chi connectivity index (χ0) is 19.3. The molecular weight excluding hydrogens is 434 g/mol. The van der Waals surface area contributed by atoms with Crippen molar-refractivity contribution < 1.29 is 4.74 Å². The number of aryl methyl sites for hydroxylation is 1. The molecule has 2 aromatic carbocycles. The first-order valence-electron chi connectivity index (χ1n) is 9.55. The van der Waals surface area contributed by atoms with Gasteiger partial charge in [0.2, 0.25) is 0 Å². The Labute approximate surface area is 178 Å². The summed E-state index contributed by atoms with van der Waals surface area (Å²) in [5, 5.41) is 2.22. The SMILES string of the molecule is Cc1ccc(N=c2scc(-c3ccc(Br)cc3)n2CCN2CCOCC2)cc1. The Morgan fingerprint density at radius 2 is 1.71 bits per heavy atom. The number of aromatic nitrogens is 1. The smallest absolute Gasteiger partial charge is 0.190 e.